The zero-order valence-electron chi connectivity index (χ0n) is 10.3. The van der Waals surface area contributed by atoms with Gasteiger partial charge in [0.15, 0.2) is 0 Å². The molecule has 2 rings (SSSR count). The van der Waals surface area contributed by atoms with Crippen LogP contribution in [0.1, 0.15) is 21.7 Å². The third kappa shape index (κ3) is 3.04. The van der Waals surface area contributed by atoms with Crippen molar-refractivity contribution in [1.82, 2.24) is 15.4 Å². The zero-order chi connectivity index (χ0) is 13.0. The number of nitrogens with one attached hydrogen (secondary N) is 2. The van der Waals surface area contributed by atoms with Crippen molar-refractivity contribution in [2.45, 2.75) is 13.8 Å². The monoisotopic (exact) mass is 242 g/mol. The standard InChI is InChI=1S/C13H14N4O/c1-9-8-10(2)15-13(14-9)17-16-12(18)11-6-4-3-5-7-11/h3-8H,1-2H3,(H,16,18)(H,14,15,17). The molecule has 1 amide bonds. The Morgan fingerprint density at radius 3 is 2.28 bits per heavy atom. The molecule has 2 aromatic rings. The summed E-state index contributed by atoms with van der Waals surface area (Å²) in [6.07, 6.45) is 0. The number of hydrogen-bond acceptors (Lipinski definition) is 4. The summed E-state index contributed by atoms with van der Waals surface area (Å²) in [5, 5.41) is 0. The van der Waals surface area contributed by atoms with Gasteiger partial charge in [-0.2, -0.15) is 0 Å². The van der Waals surface area contributed by atoms with E-state index in [1.165, 1.54) is 0 Å². The van der Waals surface area contributed by atoms with Crippen LogP contribution in [0.25, 0.3) is 0 Å². The molecule has 18 heavy (non-hydrogen) atoms. The second kappa shape index (κ2) is 5.27. The molecule has 92 valence electrons. The first-order chi connectivity index (χ1) is 8.65. The molecule has 2 N–H and O–H groups in total. The number of anilines is 1. The average Bonchev–Trinajstić information content (AvgIpc) is 2.36. The van der Waals surface area contributed by atoms with Gasteiger partial charge in [-0.05, 0) is 32.0 Å². The topological polar surface area (TPSA) is 66.9 Å². The van der Waals surface area contributed by atoms with Crippen molar-refractivity contribution >= 4 is 11.9 Å². The van der Waals surface area contributed by atoms with Gasteiger partial charge in [0.1, 0.15) is 0 Å². The van der Waals surface area contributed by atoms with Crippen molar-refractivity contribution < 1.29 is 4.79 Å². The summed E-state index contributed by atoms with van der Waals surface area (Å²) in [4.78, 5) is 20.1. The molecule has 1 aromatic heterocycles. The molecule has 0 saturated carbocycles. The Bertz CT molecular complexity index is 534. The Kier molecular flexibility index (Phi) is 3.52. The van der Waals surface area contributed by atoms with Gasteiger partial charge in [-0.1, -0.05) is 18.2 Å². The minimum absolute atomic E-state index is 0.224. The van der Waals surface area contributed by atoms with Crippen molar-refractivity contribution in [2.24, 2.45) is 0 Å². The summed E-state index contributed by atoms with van der Waals surface area (Å²) in [5.74, 6) is 0.162. The Morgan fingerprint density at radius 1 is 1.06 bits per heavy atom. The van der Waals surface area contributed by atoms with Gasteiger partial charge in [0.05, 0.1) is 0 Å². The van der Waals surface area contributed by atoms with Gasteiger partial charge in [0.2, 0.25) is 5.95 Å². The van der Waals surface area contributed by atoms with Crippen LogP contribution in [0.2, 0.25) is 0 Å². The molecule has 0 aliphatic carbocycles. The molecule has 1 heterocycles. The number of aromatic nitrogens is 2. The number of hydrogen-bond donors (Lipinski definition) is 2. The van der Waals surface area contributed by atoms with E-state index in [-0.39, 0.29) is 5.91 Å². The molecular weight excluding hydrogens is 228 g/mol. The maximum absolute atomic E-state index is 11.8. The molecule has 1 aromatic carbocycles. The van der Waals surface area contributed by atoms with Gasteiger partial charge in [-0.25, -0.2) is 9.97 Å². The molecule has 0 unspecified atom stereocenters. The van der Waals surface area contributed by atoms with Crippen LogP contribution < -0.4 is 10.9 Å². The van der Waals surface area contributed by atoms with Crippen LogP contribution in [-0.4, -0.2) is 15.9 Å². The van der Waals surface area contributed by atoms with E-state index in [2.05, 4.69) is 20.8 Å². The number of carbonyl (C=O) groups is 1. The second-order valence-corrected chi connectivity index (χ2v) is 3.92. The predicted molar refractivity (Wildman–Crippen MR) is 69.0 cm³/mol. The molecule has 0 fully saturated rings. The van der Waals surface area contributed by atoms with E-state index in [1.54, 1.807) is 12.1 Å². The highest BCUT2D eigenvalue weighted by molar-refractivity contribution is 5.94. The number of amides is 1. The number of carbonyl (C=O) groups excluding carboxylic acids is 1. The van der Waals surface area contributed by atoms with Crippen LogP contribution in [0.15, 0.2) is 36.4 Å². The smallest absolute Gasteiger partial charge is 0.267 e. The summed E-state index contributed by atoms with van der Waals surface area (Å²) in [6.45, 7) is 3.75. The number of hydrazine groups is 1. The van der Waals surface area contributed by atoms with E-state index >= 15 is 0 Å². The molecule has 5 nitrogen and oxygen atoms in total. The Morgan fingerprint density at radius 2 is 1.67 bits per heavy atom. The first-order valence-corrected chi connectivity index (χ1v) is 5.59. The van der Waals surface area contributed by atoms with E-state index < -0.39 is 0 Å². The molecule has 0 atom stereocenters. The van der Waals surface area contributed by atoms with Crippen molar-refractivity contribution in [3.8, 4) is 0 Å². The van der Waals surface area contributed by atoms with E-state index in [0.29, 0.717) is 11.5 Å². The van der Waals surface area contributed by atoms with E-state index in [9.17, 15) is 4.79 Å². The van der Waals surface area contributed by atoms with Gasteiger partial charge in [-0.3, -0.25) is 15.6 Å². The quantitative estimate of drug-likeness (QED) is 0.806. The normalized spacial score (nSPS) is 9.89. The van der Waals surface area contributed by atoms with E-state index in [1.807, 2.05) is 38.1 Å². The van der Waals surface area contributed by atoms with Gasteiger partial charge in [-0.15, -0.1) is 0 Å². The summed E-state index contributed by atoms with van der Waals surface area (Å²) in [7, 11) is 0. The lowest BCUT2D eigenvalue weighted by Gasteiger charge is -2.08. The van der Waals surface area contributed by atoms with Crippen molar-refractivity contribution in [3.63, 3.8) is 0 Å². The largest absolute Gasteiger partial charge is 0.269 e. The lowest BCUT2D eigenvalue weighted by Crippen LogP contribution is -2.30. The second-order valence-electron chi connectivity index (χ2n) is 3.92. The summed E-state index contributed by atoms with van der Waals surface area (Å²) >= 11 is 0. The first-order valence-electron chi connectivity index (χ1n) is 5.59. The van der Waals surface area contributed by atoms with Crippen LogP contribution in [-0.2, 0) is 0 Å². The Balaban J connectivity index is 2.02. The van der Waals surface area contributed by atoms with Crippen molar-refractivity contribution in [3.05, 3.63) is 53.3 Å². The van der Waals surface area contributed by atoms with Crippen LogP contribution in [0.5, 0.6) is 0 Å². The fourth-order valence-electron chi connectivity index (χ4n) is 1.56. The van der Waals surface area contributed by atoms with Crippen molar-refractivity contribution in [1.29, 1.82) is 0 Å². The highest BCUT2D eigenvalue weighted by Crippen LogP contribution is 2.03. The number of benzene rings is 1. The first kappa shape index (κ1) is 12.0. The van der Waals surface area contributed by atoms with Crippen LogP contribution >= 0.6 is 0 Å². The fraction of sp³-hybridized carbons (Fsp3) is 0.154. The average molecular weight is 242 g/mol. The number of aryl methyl sites for hydroxylation is 2. The van der Waals surface area contributed by atoms with Gasteiger partial charge in [0, 0.05) is 17.0 Å². The van der Waals surface area contributed by atoms with Crippen LogP contribution in [0.4, 0.5) is 5.95 Å². The summed E-state index contributed by atoms with van der Waals surface area (Å²) in [6, 6.07) is 10.8. The maximum Gasteiger partial charge on any atom is 0.269 e. The SMILES string of the molecule is Cc1cc(C)nc(NNC(=O)c2ccccc2)n1. The summed E-state index contributed by atoms with van der Waals surface area (Å²) < 4.78 is 0. The molecule has 0 aliphatic rings. The fourth-order valence-corrected chi connectivity index (χ4v) is 1.56. The third-order valence-electron chi connectivity index (χ3n) is 2.31. The van der Waals surface area contributed by atoms with Gasteiger partial charge >= 0.3 is 0 Å². The highest BCUT2D eigenvalue weighted by Gasteiger charge is 2.04. The van der Waals surface area contributed by atoms with E-state index in [0.717, 1.165) is 11.4 Å². The predicted octanol–water partition coefficient (Wildman–Crippen LogP) is 1.85. The van der Waals surface area contributed by atoms with Gasteiger partial charge in [0.25, 0.3) is 5.91 Å². The van der Waals surface area contributed by atoms with Crippen LogP contribution in [0, 0.1) is 13.8 Å². The third-order valence-corrected chi connectivity index (χ3v) is 2.31. The molecule has 0 radical (unpaired) electrons. The molecule has 0 saturated heterocycles. The minimum atomic E-state index is -0.224. The van der Waals surface area contributed by atoms with Gasteiger partial charge < -0.3 is 0 Å². The van der Waals surface area contributed by atoms with Crippen molar-refractivity contribution in [2.75, 3.05) is 5.43 Å². The molecule has 5 heteroatoms. The summed E-state index contributed by atoms with van der Waals surface area (Å²) in [5.41, 5.74) is 7.53. The Hall–Kier alpha value is -2.43. The lowest BCUT2D eigenvalue weighted by molar-refractivity contribution is 0.0962. The maximum atomic E-state index is 11.8. The molecular formula is C13H14N4O. The Labute approximate surface area is 105 Å². The van der Waals surface area contributed by atoms with E-state index in [4.69, 9.17) is 0 Å². The lowest BCUT2D eigenvalue weighted by atomic mass is 10.2. The molecule has 0 bridgehead atoms. The zero-order valence-corrected chi connectivity index (χ0v) is 10.3. The van der Waals surface area contributed by atoms with Crippen LogP contribution in [0.3, 0.4) is 0 Å². The molecule has 0 spiro atoms. The number of rotatable bonds is 3. The number of nitrogens with zero attached hydrogens (tertiary/aromatic N) is 2. The molecule has 0 aliphatic heterocycles. The highest BCUT2D eigenvalue weighted by atomic mass is 16.2. The minimum Gasteiger partial charge on any atom is -0.267 e.